The quantitative estimate of drug-likeness (QED) is 0.375. The summed E-state index contributed by atoms with van der Waals surface area (Å²) in [4.78, 5) is 37.6. The zero-order chi connectivity index (χ0) is 22.9. The highest BCUT2D eigenvalue weighted by atomic mass is 19.1. The van der Waals surface area contributed by atoms with E-state index in [1.54, 1.807) is 35.0 Å². The van der Waals surface area contributed by atoms with Crippen molar-refractivity contribution in [2.45, 2.75) is 6.54 Å². The molecule has 162 valence electrons. The predicted molar refractivity (Wildman–Crippen MR) is 122 cm³/mol. The monoisotopic (exact) mass is 440 g/mol. The van der Waals surface area contributed by atoms with Gasteiger partial charge in [0.15, 0.2) is 0 Å². The molecule has 0 spiro atoms. The van der Waals surface area contributed by atoms with Crippen LogP contribution in [0.5, 0.6) is 0 Å². The molecule has 0 fully saturated rings. The van der Waals surface area contributed by atoms with E-state index in [2.05, 4.69) is 10.4 Å². The topological polar surface area (TPSA) is 83.8 Å². The number of aromatic nitrogens is 1. The molecule has 1 aliphatic rings. The molecule has 1 N–H and O–H groups in total. The number of nitrogens with one attached hydrogen (secondary N) is 1. The van der Waals surface area contributed by atoms with E-state index in [1.807, 2.05) is 24.3 Å². The van der Waals surface area contributed by atoms with E-state index in [9.17, 15) is 18.8 Å². The summed E-state index contributed by atoms with van der Waals surface area (Å²) < 4.78 is 14.8. The second kappa shape index (κ2) is 8.16. The van der Waals surface area contributed by atoms with Gasteiger partial charge in [0.2, 0.25) is 5.91 Å². The van der Waals surface area contributed by atoms with Gasteiger partial charge in [-0.15, -0.1) is 0 Å². The Morgan fingerprint density at radius 2 is 1.55 bits per heavy atom. The van der Waals surface area contributed by atoms with E-state index in [0.29, 0.717) is 22.4 Å². The van der Waals surface area contributed by atoms with Crippen molar-refractivity contribution in [2.24, 2.45) is 5.10 Å². The number of carbonyl (C=O) groups is 3. The third-order valence-corrected chi connectivity index (χ3v) is 5.35. The number of nitrogens with zero attached hydrogens (tertiary/aromatic N) is 3. The van der Waals surface area contributed by atoms with Gasteiger partial charge in [-0.05, 0) is 42.5 Å². The van der Waals surface area contributed by atoms with E-state index in [4.69, 9.17) is 0 Å². The number of hydrazone groups is 1. The summed E-state index contributed by atoms with van der Waals surface area (Å²) in [5, 5.41) is 8.54. The normalized spacial score (nSPS) is 13.2. The second-order valence-electron chi connectivity index (χ2n) is 7.50. The SMILES string of the molecule is O=C(Cn1cc(/C=N\N2C(=O)c3ccccc3C2=O)c2ccccc21)Nc1ccc(F)cc1. The smallest absolute Gasteiger partial charge is 0.282 e. The minimum Gasteiger partial charge on any atom is -0.337 e. The third-order valence-electron chi connectivity index (χ3n) is 5.35. The van der Waals surface area contributed by atoms with Crippen molar-refractivity contribution in [3.05, 3.63) is 102 Å². The van der Waals surface area contributed by atoms with E-state index in [-0.39, 0.29) is 18.3 Å². The Bertz CT molecular complexity index is 1400. The highest BCUT2D eigenvalue weighted by Gasteiger charge is 2.35. The Hall–Kier alpha value is -4.59. The van der Waals surface area contributed by atoms with Gasteiger partial charge in [-0.3, -0.25) is 14.4 Å². The molecule has 0 saturated heterocycles. The van der Waals surface area contributed by atoms with Gasteiger partial charge in [0.05, 0.1) is 17.3 Å². The summed E-state index contributed by atoms with van der Waals surface area (Å²) in [5.74, 6) is -1.62. The average molecular weight is 440 g/mol. The molecule has 0 unspecified atom stereocenters. The fourth-order valence-electron chi connectivity index (χ4n) is 3.80. The first kappa shape index (κ1) is 20.3. The first-order valence-electron chi connectivity index (χ1n) is 10.2. The molecular formula is C25H17FN4O3. The van der Waals surface area contributed by atoms with Gasteiger partial charge in [0.1, 0.15) is 12.4 Å². The average Bonchev–Trinajstić information content (AvgIpc) is 3.29. The lowest BCUT2D eigenvalue weighted by molar-refractivity contribution is -0.116. The minimum atomic E-state index is -0.478. The number of anilines is 1. The maximum Gasteiger partial charge on any atom is 0.282 e. The zero-order valence-corrected chi connectivity index (χ0v) is 17.2. The summed E-state index contributed by atoms with van der Waals surface area (Å²) in [6, 6.07) is 19.5. The van der Waals surface area contributed by atoms with E-state index >= 15 is 0 Å². The van der Waals surface area contributed by atoms with Crippen molar-refractivity contribution >= 4 is 40.5 Å². The standard InChI is InChI=1S/C25H17FN4O3/c26-17-9-11-18(12-10-17)28-23(31)15-29-14-16(19-5-3-4-8-22(19)29)13-27-30-24(32)20-6-1-2-7-21(20)25(30)33/h1-14H,15H2,(H,28,31)/b27-13-. The lowest BCUT2D eigenvalue weighted by atomic mass is 10.1. The van der Waals surface area contributed by atoms with Crippen molar-refractivity contribution < 1.29 is 18.8 Å². The van der Waals surface area contributed by atoms with E-state index < -0.39 is 11.8 Å². The maximum atomic E-state index is 13.1. The molecule has 0 saturated carbocycles. The van der Waals surface area contributed by atoms with Crippen molar-refractivity contribution in [3.63, 3.8) is 0 Å². The van der Waals surface area contributed by atoms with Crippen LogP contribution in [0.2, 0.25) is 0 Å². The predicted octanol–water partition coefficient (Wildman–Crippen LogP) is 4.05. The number of para-hydroxylation sites is 1. The first-order chi connectivity index (χ1) is 16.0. The molecule has 3 amide bonds. The van der Waals surface area contributed by atoms with Gasteiger partial charge in [-0.1, -0.05) is 30.3 Å². The Morgan fingerprint density at radius 3 is 2.24 bits per heavy atom. The summed E-state index contributed by atoms with van der Waals surface area (Å²) >= 11 is 0. The molecule has 5 rings (SSSR count). The number of benzene rings is 3. The molecule has 0 aliphatic carbocycles. The van der Waals surface area contributed by atoms with Gasteiger partial charge >= 0.3 is 0 Å². The Morgan fingerprint density at radius 1 is 0.909 bits per heavy atom. The highest BCUT2D eigenvalue weighted by Crippen LogP contribution is 2.24. The van der Waals surface area contributed by atoms with Crippen molar-refractivity contribution in [3.8, 4) is 0 Å². The molecule has 7 nitrogen and oxygen atoms in total. The summed E-state index contributed by atoms with van der Waals surface area (Å²) in [6.45, 7) is 0.0126. The van der Waals surface area contributed by atoms with Crippen molar-refractivity contribution in [1.82, 2.24) is 9.58 Å². The molecule has 2 heterocycles. The number of fused-ring (bicyclic) bond motifs is 2. The fourth-order valence-corrected chi connectivity index (χ4v) is 3.80. The van der Waals surface area contributed by atoms with Crippen LogP contribution in [-0.4, -0.2) is 33.5 Å². The van der Waals surface area contributed by atoms with Crippen molar-refractivity contribution in [1.29, 1.82) is 0 Å². The number of hydrogen-bond acceptors (Lipinski definition) is 4. The lowest BCUT2D eigenvalue weighted by Gasteiger charge is -2.07. The molecule has 1 aliphatic heterocycles. The van der Waals surface area contributed by atoms with Crippen LogP contribution in [0.1, 0.15) is 26.3 Å². The molecule has 8 heteroatoms. The van der Waals surface area contributed by atoms with E-state index in [0.717, 1.165) is 15.9 Å². The summed E-state index contributed by atoms with van der Waals surface area (Å²) in [6.07, 6.45) is 3.18. The number of hydrogen-bond donors (Lipinski definition) is 1. The molecule has 0 atom stereocenters. The Balaban J connectivity index is 1.40. The highest BCUT2D eigenvalue weighted by molar-refractivity contribution is 6.21. The van der Waals surface area contributed by atoms with Crippen LogP contribution in [0.15, 0.2) is 84.1 Å². The third kappa shape index (κ3) is 3.78. The number of carbonyl (C=O) groups excluding carboxylic acids is 3. The molecule has 0 bridgehead atoms. The molecule has 4 aromatic rings. The minimum absolute atomic E-state index is 0.0126. The van der Waals surface area contributed by atoms with Gasteiger partial charge in [-0.2, -0.15) is 10.1 Å². The van der Waals surface area contributed by atoms with Crippen molar-refractivity contribution in [2.75, 3.05) is 5.32 Å². The first-order valence-corrected chi connectivity index (χ1v) is 10.2. The number of rotatable bonds is 5. The second-order valence-corrected chi connectivity index (χ2v) is 7.50. The molecule has 0 radical (unpaired) electrons. The van der Waals surface area contributed by atoms with Crippen LogP contribution in [-0.2, 0) is 11.3 Å². The number of amides is 3. The van der Waals surface area contributed by atoms with Gasteiger partial charge in [-0.25, -0.2) is 4.39 Å². The maximum absolute atomic E-state index is 13.1. The summed E-state index contributed by atoms with van der Waals surface area (Å²) in [7, 11) is 0. The lowest BCUT2D eigenvalue weighted by Crippen LogP contribution is -2.24. The van der Waals surface area contributed by atoms with Crippen LogP contribution >= 0.6 is 0 Å². The fraction of sp³-hybridized carbons (Fsp3) is 0.0400. The van der Waals surface area contributed by atoms with E-state index in [1.165, 1.54) is 30.5 Å². The van der Waals surface area contributed by atoms with Crippen LogP contribution in [0.3, 0.4) is 0 Å². The molecule has 33 heavy (non-hydrogen) atoms. The zero-order valence-electron chi connectivity index (χ0n) is 17.2. The largest absolute Gasteiger partial charge is 0.337 e. The Labute approximate surface area is 187 Å². The van der Waals surface area contributed by atoms with Gasteiger partial charge < -0.3 is 9.88 Å². The van der Waals surface area contributed by atoms with Crippen LogP contribution in [0.25, 0.3) is 10.9 Å². The van der Waals surface area contributed by atoms with Gasteiger partial charge in [0, 0.05) is 28.4 Å². The Kier molecular flexibility index (Phi) is 5.02. The molecular weight excluding hydrogens is 423 g/mol. The molecule has 1 aromatic heterocycles. The van der Waals surface area contributed by atoms with Crippen LogP contribution < -0.4 is 5.32 Å². The van der Waals surface area contributed by atoms with Crippen LogP contribution in [0.4, 0.5) is 10.1 Å². The van der Waals surface area contributed by atoms with Crippen LogP contribution in [0, 0.1) is 5.82 Å². The number of halogens is 1. The molecule has 3 aromatic carbocycles. The summed E-state index contributed by atoms with van der Waals surface area (Å²) in [5.41, 5.74) is 2.57. The van der Waals surface area contributed by atoms with Gasteiger partial charge in [0.25, 0.3) is 11.8 Å². The number of imide groups is 1.